The fourth-order valence-corrected chi connectivity index (χ4v) is 2.41. The van der Waals surface area contributed by atoms with E-state index in [1.807, 2.05) is 0 Å². The summed E-state index contributed by atoms with van der Waals surface area (Å²) in [6, 6.07) is 3.77. The summed E-state index contributed by atoms with van der Waals surface area (Å²) in [6.07, 6.45) is 2.69. The zero-order valence-corrected chi connectivity index (χ0v) is 12.2. The lowest BCUT2D eigenvalue weighted by Crippen LogP contribution is -2.38. The van der Waals surface area contributed by atoms with Crippen molar-refractivity contribution in [3.63, 3.8) is 0 Å². The number of rotatable bonds is 2. The minimum atomic E-state index is -1.06. The Morgan fingerprint density at radius 2 is 2.05 bits per heavy atom. The highest BCUT2D eigenvalue weighted by Crippen LogP contribution is 2.18. The molecule has 112 valence electrons. The molecule has 0 aromatic heterocycles. The molecule has 0 radical (unpaired) electrons. The molecule has 0 aliphatic carbocycles. The van der Waals surface area contributed by atoms with Gasteiger partial charge in [-0.1, -0.05) is 6.07 Å². The third kappa shape index (κ3) is 3.67. The highest BCUT2D eigenvalue weighted by atomic mass is 35.5. The highest BCUT2D eigenvalue weighted by molar-refractivity contribution is 5.94. The number of carbonyl (C=O) groups excluding carboxylic acids is 1. The van der Waals surface area contributed by atoms with E-state index >= 15 is 0 Å². The van der Waals surface area contributed by atoms with Gasteiger partial charge in [-0.3, -0.25) is 4.79 Å². The standard InChI is InChI=1S/C14H18F2N2O.ClH/c1-18(10-4-3-8-17-9-7-10)14(19)11-5-2-6-12(15)13(11)16;/h2,5-6,10,17H,3-4,7-9H2,1H3;1H. The Morgan fingerprint density at radius 1 is 1.30 bits per heavy atom. The van der Waals surface area contributed by atoms with Gasteiger partial charge in [0.1, 0.15) is 0 Å². The number of amides is 1. The predicted octanol–water partition coefficient (Wildman–Crippen LogP) is 2.60. The van der Waals surface area contributed by atoms with Gasteiger partial charge in [-0.15, -0.1) is 12.4 Å². The van der Waals surface area contributed by atoms with Crippen molar-refractivity contribution in [2.75, 3.05) is 20.1 Å². The Labute approximate surface area is 123 Å². The molecule has 2 rings (SSSR count). The fraction of sp³-hybridized carbons (Fsp3) is 0.500. The van der Waals surface area contributed by atoms with Crippen LogP contribution in [0.15, 0.2) is 18.2 Å². The maximum absolute atomic E-state index is 13.6. The van der Waals surface area contributed by atoms with E-state index < -0.39 is 17.5 Å². The van der Waals surface area contributed by atoms with E-state index in [-0.39, 0.29) is 24.0 Å². The molecule has 1 amide bonds. The number of nitrogens with zero attached hydrogens (tertiary/aromatic N) is 1. The zero-order valence-electron chi connectivity index (χ0n) is 11.4. The Kier molecular flexibility index (Phi) is 6.36. The molecule has 1 saturated heterocycles. The van der Waals surface area contributed by atoms with Crippen molar-refractivity contribution >= 4 is 18.3 Å². The summed E-state index contributed by atoms with van der Waals surface area (Å²) in [4.78, 5) is 13.8. The van der Waals surface area contributed by atoms with E-state index in [0.717, 1.165) is 38.4 Å². The maximum atomic E-state index is 13.6. The van der Waals surface area contributed by atoms with Crippen molar-refractivity contribution in [2.24, 2.45) is 0 Å². The molecular formula is C14H19ClF2N2O. The SMILES string of the molecule is CN(C(=O)c1cccc(F)c1F)C1CCCNCC1.Cl. The lowest BCUT2D eigenvalue weighted by molar-refractivity contribution is 0.0714. The second kappa shape index (κ2) is 7.55. The molecule has 1 unspecified atom stereocenters. The average molecular weight is 305 g/mol. The molecule has 3 nitrogen and oxygen atoms in total. The molecule has 1 heterocycles. The topological polar surface area (TPSA) is 32.3 Å². The second-order valence-corrected chi connectivity index (χ2v) is 4.85. The first-order valence-electron chi connectivity index (χ1n) is 6.53. The van der Waals surface area contributed by atoms with Crippen LogP contribution in [0.2, 0.25) is 0 Å². The number of benzene rings is 1. The molecule has 1 aromatic rings. The third-order valence-electron chi connectivity index (χ3n) is 3.60. The van der Waals surface area contributed by atoms with Gasteiger partial charge in [0, 0.05) is 13.1 Å². The zero-order chi connectivity index (χ0) is 13.8. The van der Waals surface area contributed by atoms with Gasteiger partial charge >= 0.3 is 0 Å². The number of nitrogens with one attached hydrogen (secondary N) is 1. The molecular weight excluding hydrogens is 286 g/mol. The summed E-state index contributed by atoms with van der Waals surface area (Å²) in [6.45, 7) is 1.78. The summed E-state index contributed by atoms with van der Waals surface area (Å²) in [5, 5.41) is 3.26. The first kappa shape index (κ1) is 16.9. The van der Waals surface area contributed by atoms with Gasteiger partial charge in [-0.2, -0.15) is 0 Å². The van der Waals surface area contributed by atoms with Gasteiger partial charge < -0.3 is 10.2 Å². The molecule has 1 aliphatic rings. The minimum absolute atomic E-state index is 0. The molecule has 1 aromatic carbocycles. The molecule has 1 fully saturated rings. The van der Waals surface area contributed by atoms with Crippen molar-refractivity contribution < 1.29 is 13.6 Å². The van der Waals surface area contributed by atoms with Gasteiger partial charge in [-0.25, -0.2) is 8.78 Å². The van der Waals surface area contributed by atoms with Crippen LogP contribution in [0.1, 0.15) is 29.6 Å². The van der Waals surface area contributed by atoms with E-state index in [1.165, 1.54) is 17.0 Å². The van der Waals surface area contributed by atoms with Crippen LogP contribution in [0.25, 0.3) is 0 Å². The van der Waals surface area contributed by atoms with Gasteiger partial charge in [0.25, 0.3) is 5.91 Å². The number of hydrogen-bond acceptors (Lipinski definition) is 2. The molecule has 1 atom stereocenters. The molecule has 0 saturated carbocycles. The van der Waals surface area contributed by atoms with Crippen molar-refractivity contribution in [3.05, 3.63) is 35.4 Å². The van der Waals surface area contributed by atoms with E-state index in [0.29, 0.717) is 0 Å². The predicted molar refractivity (Wildman–Crippen MR) is 76.2 cm³/mol. The smallest absolute Gasteiger partial charge is 0.256 e. The summed E-state index contributed by atoms with van der Waals surface area (Å²) in [5.41, 5.74) is -0.195. The van der Waals surface area contributed by atoms with Crippen LogP contribution in [0.4, 0.5) is 8.78 Å². The Morgan fingerprint density at radius 3 is 2.80 bits per heavy atom. The van der Waals surface area contributed by atoms with E-state index in [9.17, 15) is 13.6 Å². The minimum Gasteiger partial charge on any atom is -0.339 e. The average Bonchev–Trinajstić information content (AvgIpc) is 2.69. The first-order valence-corrected chi connectivity index (χ1v) is 6.53. The van der Waals surface area contributed by atoms with Crippen LogP contribution in [0.5, 0.6) is 0 Å². The third-order valence-corrected chi connectivity index (χ3v) is 3.60. The molecule has 20 heavy (non-hydrogen) atoms. The summed E-state index contributed by atoms with van der Waals surface area (Å²) < 4.78 is 26.8. The maximum Gasteiger partial charge on any atom is 0.256 e. The molecule has 6 heteroatoms. The quantitative estimate of drug-likeness (QED) is 0.911. The number of carbonyl (C=O) groups is 1. The second-order valence-electron chi connectivity index (χ2n) is 4.85. The molecule has 1 N–H and O–H groups in total. The summed E-state index contributed by atoms with van der Waals surface area (Å²) in [5.74, 6) is -2.50. The van der Waals surface area contributed by atoms with Crippen LogP contribution in [0, 0.1) is 11.6 Å². The van der Waals surface area contributed by atoms with Crippen LogP contribution in [-0.4, -0.2) is 37.0 Å². The Balaban J connectivity index is 0.00000200. The van der Waals surface area contributed by atoms with Gasteiger partial charge in [0.2, 0.25) is 0 Å². The molecule has 1 aliphatic heterocycles. The fourth-order valence-electron chi connectivity index (χ4n) is 2.41. The van der Waals surface area contributed by atoms with Gasteiger partial charge in [-0.05, 0) is 44.5 Å². The number of halogens is 3. The molecule has 0 bridgehead atoms. The normalized spacial score (nSPS) is 18.9. The monoisotopic (exact) mass is 304 g/mol. The van der Waals surface area contributed by atoms with Crippen molar-refractivity contribution in [1.29, 1.82) is 0 Å². The van der Waals surface area contributed by atoms with E-state index in [2.05, 4.69) is 5.32 Å². The van der Waals surface area contributed by atoms with Crippen LogP contribution in [0.3, 0.4) is 0 Å². The Bertz CT molecular complexity index is 462. The van der Waals surface area contributed by atoms with Gasteiger partial charge in [0.05, 0.1) is 5.56 Å². The van der Waals surface area contributed by atoms with Gasteiger partial charge in [0.15, 0.2) is 11.6 Å². The number of hydrogen-bond donors (Lipinski definition) is 1. The van der Waals surface area contributed by atoms with Crippen molar-refractivity contribution in [1.82, 2.24) is 10.2 Å². The first-order chi connectivity index (χ1) is 9.11. The lowest BCUT2D eigenvalue weighted by Gasteiger charge is -2.27. The van der Waals surface area contributed by atoms with Crippen LogP contribution in [-0.2, 0) is 0 Å². The van der Waals surface area contributed by atoms with Crippen LogP contribution >= 0.6 is 12.4 Å². The largest absolute Gasteiger partial charge is 0.339 e. The van der Waals surface area contributed by atoms with E-state index in [4.69, 9.17) is 0 Å². The highest BCUT2D eigenvalue weighted by Gasteiger charge is 2.24. The Hall–Kier alpha value is -1.20. The van der Waals surface area contributed by atoms with Crippen LogP contribution < -0.4 is 5.32 Å². The van der Waals surface area contributed by atoms with Crippen molar-refractivity contribution in [2.45, 2.75) is 25.3 Å². The summed E-state index contributed by atoms with van der Waals surface area (Å²) in [7, 11) is 1.66. The molecule has 0 spiro atoms. The van der Waals surface area contributed by atoms with E-state index in [1.54, 1.807) is 7.05 Å². The summed E-state index contributed by atoms with van der Waals surface area (Å²) >= 11 is 0. The lowest BCUT2D eigenvalue weighted by atomic mass is 10.1. The van der Waals surface area contributed by atoms with Crippen molar-refractivity contribution in [3.8, 4) is 0 Å².